The number of hydrogen-bond donors (Lipinski definition) is 2. The predicted octanol–water partition coefficient (Wildman–Crippen LogP) is 0.299. The molecule has 6 heteroatoms. The molecule has 0 spiro atoms. The first-order valence-electron chi connectivity index (χ1n) is 6.45. The molecular weight excluding hydrogens is 252 g/mol. The summed E-state index contributed by atoms with van der Waals surface area (Å²) in [6.45, 7) is 4.23. The van der Waals surface area contributed by atoms with Crippen molar-refractivity contribution in [2.75, 3.05) is 12.8 Å². The lowest BCUT2D eigenvalue weighted by molar-refractivity contribution is -0.115. The van der Waals surface area contributed by atoms with Gasteiger partial charge >= 0.3 is 0 Å². The number of carbonyl (C=O) groups excluding carboxylic acids is 1. The van der Waals surface area contributed by atoms with Gasteiger partial charge in [0.2, 0.25) is 5.91 Å². The van der Waals surface area contributed by atoms with Gasteiger partial charge in [0, 0.05) is 6.04 Å². The monoisotopic (exact) mass is 276 g/mol. The minimum Gasteiger partial charge on any atom is -0.369 e. The molecule has 0 aromatic rings. The van der Waals surface area contributed by atoms with Crippen molar-refractivity contribution in [2.45, 2.75) is 44.4 Å². The van der Waals surface area contributed by atoms with Crippen molar-refractivity contribution in [1.82, 2.24) is 5.32 Å². The molecule has 0 bridgehead atoms. The van der Waals surface area contributed by atoms with Crippen LogP contribution in [-0.4, -0.2) is 38.4 Å². The van der Waals surface area contributed by atoms with Crippen LogP contribution in [0.4, 0.5) is 0 Å². The number of rotatable bonds is 5. The molecule has 3 N–H and O–H groups in total. The second-order valence-electron chi connectivity index (χ2n) is 5.52. The van der Waals surface area contributed by atoms with Crippen LogP contribution in [0, 0.1) is 11.8 Å². The number of nitrogens with two attached hydrogens (primary N) is 1. The third kappa shape index (κ3) is 3.68. The second-order valence-corrected chi connectivity index (χ2v) is 7.74. The number of nitrogens with one attached hydrogen (secondary N) is 1. The maximum Gasteiger partial charge on any atom is 0.232 e. The van der Waals surface area contributed by atoms with E-state index in [1.165, 1.54) is 0 Å². The van der Waals surface area contributed by atoms with E-state index < -0.39 is 26.7 Å². The molecule has 1 aliphatic rings. The molecule has 0 saturated heterocycles. The molecule has 0 aliphatic heterocycles. The van der Waals surface area contributed by atoms with Gasteiger partial charge in [0.25, 0.3) is 0 Å². The first-order chi connectivity index (χ1) is 8.27. The van der Waals surface area contributed by atoms with E-state index in [9.17, 15) is 13.2 Å². The average molecular weight is 276 g/mol. The molecule has 3 unspecified atom stereocenters. The Labute approximate surface area is 109 Å². The van der Waals surface area contributed by atoms with E-state index in [1.807, 2.05) is 0 Å². The quantitative estimate of drug-likeness (QED) is 0.756. The SMILES string of the molecule is CNC1CCC(C(C)C)CC1S(=O)(=O)CC(N)=O. The Balaban J connectivity index is 2.89. The lowest BCUT2D eigenvalue weighted by atomic mass is 9.79. The fourth-order valence-electron chi connectivity index (χ4n) is 2.80. The largest absolute Gasteiger partial charge is 0.369 e. The molecule has 1 amide bonds. The van der Waals surface area contributed by atoms with Crippen molar-refractivity contribution in [3.63, 3.8) is 0 Å². The molecule has 18 heavy (non-hydrogen) atoms. The highest BCUT2D eigenvalue weighted by molar-refractivity contribution is 7.92. The summed E-state index contributed by atoms with van der Waals surface area (Å²) in [6.07, 6.45) is 2.49. The molecular formula is C12H24N2O3S. The summed E-state index contributed by atoms with van der Waals surface area (Å²) in [5.74, 6) is -0.437. The number of hydrogen-bond acceptors (Lipinski definition) is 4. The zero-order chi connectivity index (χ0) is 13.9. The number of sulfone groups is 1. The fraction of sp³-hybridized carbons (Fsp3) is 0.917. The summed E-state index contributed by atoms with van der Waals surface area (Å²) in [6, 6.07) is -0.0654. The summed E-state index contributed by atoms with van der Waals surface area (Å²) < 4.78 is 24.4. The van der Waals surface area contributed by atoms with Gasteiger partial charge < -0.3 is 11.1 Å². The molecule has 0 radical (unpaired) electrons. The van der Waals surface area contributed by atoms with Gasteiger partial charge in [0.1, 0.15) is 5.75 Å². The highest BCUT2D eigenvalue weighted by Gasteiger charge is 2.39. The molecule has 0 aromatic heterocycles. The van der Waals surface area contributed by atoms with Crippen molar-refractivity contribution < 1.29 is 13.2 Å². The highest BCUT2D eigenvalue weighted by Crippen LogP contribution is 2.33. The average Bonchev–Trinajstić information content (AvgIpc) is 2.26. The van der Waals surface area contributed by atoms with Crippen LogP contribution in [0.1, 0.15) is 33.1 Å². The standard InChI is InChI=1S/C12H24N2O3S/c1-8(2)9-4-5-10(14-3)11(6-9)18(16,17)7-12(13)15/h8-11,14H,4-7H2,1-3H3,(H2,13,15). The molecule has 0 aromatic carbocycles. The molecule has 1 aliphatic carbocycles. The zero-order valence-corrected chi connectivity index (χ0v) is 12.2. The Kier molecular flexibility index (Phi) is 5.16. The van der Waals surface area contributed by atoms with Gasteiger partial charge in [-0.15, -0.1) is 0 Å². The van der Waals surface area contributed by atoms with Gasteiger partial charge in [-0.25, -0.2) is 8.42 Å². The predicted molar refractivity (Wildman–Crippen MR) is 71.8 cm³/mol. The van der Waals surface area contributed by atoms with Crippen LogP contribution in [-0.2, 0) is 14.6 Å². The third-order valence-electron chi connectivity index (χ3n) is 3.95. The van der Waals surface area contributed by atoms with Crippen molar-refractivity contribution in [1.29, 1.82) is 0 Å². The van der Waals surface area contributed by atoms with E-state index in [0.29, 0.717) is 18.3 Å². The topological polar surface area (TPSA) is 89.3 Å². The summed E-state index contributed by atoms with van der Waals surface area (Å²) in [5, 5.41) is 2.57. The third-order valence-corrected chi connectivity index (χ3v) is 6.08. The van der Waals surface area contributed by atoms with Crippen LogP contribution in [0.15, 0.2) is 0 Å². The molecule has 106 valence electrons. The number of amides is 1. The second kappa shape index (κ2) is 6.02. The van der Waals surface area contributed by atoms with E-state index in [2.05, 4.69) is 19.2 Å². The van der Waals surface area contributed by atoms with E-state index in [0.717, 1.165) is 12.8 Å². The van der Waals surface area contributed by atoms with Gasteiger partial charge in [-0.1, -0.05) is 13.8 Å². The van der Waals surface area contributed by atoms with Gasteiger partial charge in [-0.05, 0) is 38.1 Å². The van der Waals surface area contributed by atoms with E-state index in [-0.39, 0.29) is 6.04 Å². The lowest BCUT2D eigenvalue weighted by Gasteiger charge is -2.37. The Bertz CT molecular complexity index is 392. The van der Waals surface area contributed by atoms with Crippen LogP contribution in [0.2, 0.25) is 0 Å². The normalized spacial score (nSPS) is 29.4. The van der Waals surface area contributed by atoms with Gasteiger partial charge in [0.05, 0.1) is 5.25 Å². The van der Waals surface area contributed by atoms with Crippen LogP contribution < -0.4 is 11.1 Å². The van der Waals surface area contributed by atoms with Gasteiger partial charge in [0.15, 0.2) is 9.84 Å². The van der Waals surface area contributed by atoms with Crippen LogP contribution in [0.25, 0.3) is 0 Å². The first-order valence-corrected chi connectivity index (χ1v) is 8.16. The van der Waals surface area contributed by atoms with Gasteiger partial charge in [-0.2, -0.15) is 0 Å². The fourth-order valence-corrected chi connectivity index (χ4v) is 4.72. The van der Waals surface area contributed by atoms with Crippen molar-refractivity contribution >= 4 is 15.7 Å². The maximum absolute atomic E-state index is 12.2. The number of primary amides is 1. The van der Waals surface area contributed by atoms with Crippen molar-refractivity contribution in [3.8, 4) is 0 Å². The highest BCUT2D eigenvalue weighted by atomic mass is 32.2. The Morgan fingerprint density at radius 3 is 2.44 bits per heavy atom. The lowest BCUT2D eigenvalue weighted by Crippen LogP contribution is -2.49. The minimum absolute atomic E-state index is 0.0654. The van der Waals surface area contributed by atoms with E-state index >= 15 is 0 Å². The van der Waals surface area contributed by atoms with Crippen molar-refractivity contribution in [3.05, 3.63) is 0 Å². The summed E-state index contributed by atoms with van der Waals surface area (Å²) in [7, 11) is -1.68. The number of carbonyl (C=O) groups is 1. The summed E-state index contributed by atoms with van der Waals surface area (Å²) >= 11 is 0. The van der Waals surface area contributed by atoms with Crippen LogP contribution in [0.3, 0.4) is 0 Å². The van der Waals surface area contributed by atoms with E-state index in [4.69, 9.17) is 5.73 Å². The Morgan fingerprint density at radius 1 is 1.39 bits per heavy atom. The Morgan fingerprint density at radius 2 is 2.00 bits per heavy atom. The van der Waals surface area contributed by atoms with Gasteiger partial charge in [-0.3, -0.25) is 4.79 Å². The van der Waals surface area contributed by atoms with Crippen LogP contribution >= 0.6 is 0 Å². The summed E-state index contributed by atoms with van der Waals surface area (Å²) in [5.41, 5.74) is 5.03. The molecule has 5 nitrogen and oxygen atoms in total. The molecule has 1 rings (SSSR count). The Hall–Kier alpha value is -0.620. The zero-order valence-electron chi connectivity index (χ0n) is 11.3. The minimum atomic E-state index is -3.45. The van der Waals surface area contributed by atoms with Crippen LogP contribution in [0.5, 0.6) is 0 Å². The molecule has 1 saturated carbocycles. The molecule has 0 heterocycles. The maximum atomic E-state index is 12.2. The first kappa shape index (κ1) is 15.4. The summed E-state index contributed by atoms with van der Waals surface area (Å²) in [4.78, 5) is 10.9. The van der Waals surface area contributed by atoms with Crippen molar-refractivity contribution in [2.24, 2.45) is 17.6 Å². The van der Waals surface area contributed by atoms with E-state index in [1.54, 1.807) is 7.05 Å². The smallest absolute Gasteiger partial charge is 0.232 e. The molecule has 3 atom stereocenters. The molecule has 1 fully saturated rings.